The summed E-state index contributed by atoms with van der Waals surface area (Å²) in [6.07, 6.45) is 0. The Kier molecular flexibility index (Phi) is 3.02. The van der Waals surface area contributed by atoms with Crippen LogP contribution in [0.15, 0.2) is 42.5 Å². The van der Waals surface area contributed by atoms with Crippen LogP contribution < -0.4 is 11.5 Å². The quantitative estimate of drug-likeness (QED) is 0.632. The Labute approximate surface area is 104 Å². The Morgan fingerprint density at radius 1 is 0.941 bits per heavy atom. The fraction of sp³-hybridized carbons (Fsp3) is 0. The van der Waals surface area contributed by atoms with Crippen LogP contribution in [0.4, 0.5) is 11.4 Å². The van der Waals surface area contributed by atoms with E-state index < -0.39 is 0 Å². The van der Waals surface area contributed by atoms with Crippen LogP contribution in [-0.4, -0.2) is 5.78 Å². The number of rotatable bonds is 2. The molecule has 3 nitrogen and oxygen atoms in total. The van der Waals surface area contributed by atoms with Crippen LogP contribution in [0.5, 0.6) is 0 Å². The lowest BCUT2D eigenvalue weighted by Gasteiger charge is -2.04. The lowest BCUT2D eigenvalue weighted by atomic mass is 10.0. The summed E-state index contributed by atoms with van der Waals surface area (Å²) in [4.78, 5) is 12.1. The molecule has 0 heterocycles. The molecule has 0 saturated heterocycles. The Balaban J connectivity index is 2.43. The summed E-state index contributed by atoms with van der Waals surface area (Å²) in [5, 5.41) is 0.442. The molecule has 0 aromatic heterocycles. The number of nitrogens with two attached hydrogens (primary N) is 2. The Morgan fingerprint density at radius 3 is 2.29 bits per heavy atom. The van der Waals surface area contributed by atoms with Crippen molar-refractivity contribution in [1.29, 1.82) is 0 Å². The van der Waals surface area contributed by atoms with Gasteiger partial charge in [0.2, 0.25) is 0 Å². The zero-order valence-electron chi connectivity index (χ0n) is 8.98. The summed E-state index contributed by atoms with van der Waals surface area (Å²) in [7, 11) is 0. The molecule has 0 amide bonds. The first kappa shape index (κ1) is 11.5. The predicted octanol–water partition coefficient (Wildman–Crippen LogP) is 2.74. The standard InChI is InChI=1S/C13H11ClN2O/c14-10-4-9(6-12(16)7-10)13(17)8-2-1-3-11(15)5-8/h1-7H,15-16H2. The van der Waals surface area contributed by atoms with Gasteiger partial charge < -0.3 is 11.5 Å². The van der Waals surface area contributed by atoms with E-state index >= 15 is 0 Å². The molecule has 2 rings (SSSR count). The maximum absolute atomic E-state index is 12.1. The Bertz CT molecular complexity index is 561. The van der Waals surface area contributed by atoms with E-state index in [4.69, 9.17) is 23.1 Å². The number of halogens is 1. The number of nitrogen functional groups attached to an aromatic ring is 2. The van der Waals surface area contributed by atoms with Crippen LogP contribution in [0, 0.1) is 0 Å². The zero-order chi connectivity index (χ0) is 12.4. The van der Waals surface area contributed by atoms with E-state index in [9.17, 15) is 4.79 Å². The van der Waals surface area contributed by atoms with Crippen LogP contribution >= 0.6 is 11.6 Å². The second-order valence-corrected chi connectivity index (χ2v) is 4.16. The number of benzene rings is 2. The molecular weight excluding hydrogens is 236 g/mol. The minimum atomic E-state index is -0.147. The molecule has 0 bridgehead atoms. The Hall–Kier alpha value is -2.00. The minimum Gasteiger partial charge on any atom is -0.399 e. The van der Waals surface area contributed by atoms with Gasteiger partial charge in [0.15, 0.2) is 5.78 Å². The second-order valence-electron chi connectivity index (χ2n) is 3.73. The molecule has 4 N–H and O–H groups in total. The highest BCUT2D eigenvalue weighted by Crippen LogP contribution is 2.20. The summed E-state index contributed by atoms with van der Waals surface area (Å²) < 4.78 is 0. The van der Waals surface area contributed by atoms with Gasteiger partial charge in [0.05, 0.1) is 0 Å². The van der Waals surface area contributed by atoms with Gasteiger partial charge >= 0.3 is 0 Å². The summed E-state index contributed by atoms with van der Waals surface area (Å²) >= 11 is 5.86. The number of carbonyl (C=O) groups is 1. The molecule has 4 heteroatoms. The first-order valence-electron chi connectivity index (χ1n) is 5.02. The number of anilines is 2. The van der Waals surface area contributed by atoms with Crippen molar-refractivity contribution in [3.8, 4) is 0 Å². The molecule has 0 aliphatic heterocycles. The molecule has 0 saturated carbocycles. The van der Waals surface area contributed by atoms with Gasteiger partial charge in [-0.3, -0.25) is 4.79 Å². The molecule has 2 aromatic carbocycles. The summed E-state index contributed by atoms with van der Waals surface area (Å²) in [6, 6.07) is 11.6. The Morgan fingerprint density at radius 2 is 1.65 bits per heavy atom. The lowest BCUT2D eigenvalue weighted by Crippen LogP contribution is -2.03. The molecular formula is C13H11ClN2O. The maximum atomic E-state index is 12.1. The van der Waals surface area contributed by atoms with Crippen molar-refractivity contribution in [3.63, 3.8) is 0 Å². The van der Waals surface area contributed by atoms with E-state index in [0.717, 1.165) is 0 Å². The second kappa shape index (κ2) is 4.47. The fourth-order valence-corrected chi connectivity index (χ4v) is 1.83. The minimum absolute atomic E-state index is 0.147. The molecule has 2 aromatic rings. The fourth-order valence-electron chi connectivity index (χ4n) is 1.59. The monoisotopic (exact) mass is 246 g/mol. The summed E-state index contributed by atoms with van der Waals surface area (Å²) in [5.74, 6) is -0.147. The third-order valence-electron chi connectivity index (χ3n) is 2.33. The van der Waals surface area contributed by atoms with Gasteiger partial charge in [-0.25, -0.2) is 0 Å². The van der Waals surface area contributed by atoms with Crippen molar-refractivity contribution in [2.45, 2.75) is 0 Å². The zero-order valence-corrected chi connectivity index (χ0v) is 9.74. The summed E-state index contributed by atoms with van der Waals surface area (Å²) in [6.45, 7) is 0. The largest absolute Gasteiger partial charge is 0.399 e. The summed E-state index contributed by atoms with van der Waals surface area (Å²) in [5.41, 5.74) is 13.3. The molecule has 0 radical (unpaired) electrons. The smallest absolute Gasteiger partial charge is 0.193 e. The van der Waals surface area contributed by atoms with Crippen molar-refractivity contribution >= 4 is 28.8 Å². The average Bonchev–Trinajstić information content (AvgIpc) is 2.26. The molecule has 0 aliphatic rings. The topological polar surface area (TPSA) is 69.1 Å². The van der Waals surface area contributed by atoms with Gasteiger partial charge in [0.1, 0.15) is 0 Å². The first-order chi connectivity index (χ1) is 8.06. The predicted molar refractivity (Wildman–Crippen MR) is 70.2 cm³/mol. The van der Waals surface area contributed by atoms with E-state index in [-0.39, 0.29) is 5.78 Å². The molecule has 0 atom stereocenters. The van der Waals surface area contributed by atoms with Crippen molar-refractivity contribution in [1.82, 2.24) is 0 Å². The maximum Gasteiger partial charge on any atom is 0.193 e. The first-order valence-corrected chi connectivity index (χ1v) is 5.40. The van der Waals surface area contributed by atoms with E-state index in [1.54, 1.807) is 42.5 Å². The molecule has 0 fully saturated rings. The molecule has 17 heavy (non-hydrogen) atoms. The van der Waals surface area contributed by atoms with Crippen LogP contribution in [-0.2, 0) is 0 Å². The third kappa shape index (κ3) is 2.57. The highest BCUT2D eigenvalue weighted by molar-refractivity contribution is 6.31. The lowest BCUT2D eigenvalue weighted by molar-refractivity contribution is 0.103. The number of ketones is 1. The van der Waals surface area contributed by atoms with E-state index in [0.29, 0.717) is 27.5 Å². The van der Waals surface area contributed by atoms with E-state index in [1.807, 2.05) is 0 Å². The van der Waals surface area contributed by atoms with Gasteiger partial charge in [-0.15, -0.1) is 0 Å². The normalized spacial score (nSPS) is 10.2. The molecule has 0 aliphatic carbocycles. The number of hydrogen-bond acceptors (Lipinski definition) is 3. The highest BCUT2D eigenvalue weighted by Gasteiger charge is 2.10. The molecule has 0 spiro atoms. The van der Waals surface area contributed by atoms with E-state index in [2.05, 4.69) is 0 Å². The third-order valence-corrected chi connectivity index (χ3v) is 2.55. The molecule has 0 unspecified atom stereocenters. The van der Waals surface area contributed by atoms with E-state index in [1.165, 1.54) is 0 Å². The average molecular weight is 247 g/mol. The van der Waals surface area contributed by atoms with Crippen LogP contribution in [0.2, 0.25) is 5.02 Å². The molecule has 86 valence electrons. The van der Waals surface area contributed by atoms with Crippen LogP contribution in [0.1, 0.15) is 15.9 Å². The number of carbonyl (C=O) groups excluding carboxylic acids is 1. The van der Waals surface area contributed by atoms with Gasteiger partial charge in [0, 0.05) is 27.5 Å². The van der Waals surface area contributed by atoms with Crippen molar-refractivity contribution in [2.75, 3.05) is 11.5 Å². The van der Waals surface area contributed by atoms with Crippen molar-refractivity contribution in [2.24, 2.45) is 0 Å². The van der Waals surface area contributed by atoms with Gasteiger partial charge in [0.25, 0.3) is 0 Å². The highest BCUT2D eigenvalue weighted by atomic mass is 35.5. The van der Waals surface area contributed by atoms with Crippen LogP contribution in [0.3, 0.4) is 0 Å². The van der Waals surface area contributed by atoms with Gasteiger partial charge in [-0.1, -0.05) is 23.7 Å². The van der Waals surface area contributed by atoms with Gasteiger partial charge in [-0.05, 0) is 30.3 Å². The number of hydrogen-bond donors (Lipinski definition) is 2. The van der Waals surface area contributed by atoms with Crippen molar-refractivity contribution < 1.29 is 4.79 Å². The van der Waals surface area contributed by atoms with Gasteiger partial charge in [-0.2, -0.15) is 0 Å². The SMILES string of the molecule is Nc1cccc(C(=O)c2cc(N)cc(Cl)c2)c1. The van der Waals surface area contributed by atoms with Crippen LogP contribution in [0.25, 0.3) is 0 Å². The van der Waals surface area contributed by atoms with Crippen molar-refractivity contribution in [3.05, 3.63) is 58.6 Å².